The van der Waals surface area contributed by atoms with Gasteiger partial charge < -0.3 is 14.6 Å². The molecule has 0 amide bonds. The molecule has 1 aliphatic heterocycles. The average molecular weight is 332 g/mol. The van der Waals surface area contributed by atoms with Crippen LogP contribution in [-0.4, -0.2) is 56.6 Å². The Balaban J connectivity index is 2.03. The highest BCUT2D eigenvalue weighted by Gasteiger charge is 2.17. The van der Waals surface area contributed by atoms with Gasteiger partial charge in [-0.3, -0.25) is 4.90 Å². The number of nitrogens with zero attached hydrogens (tertiary/aromatic N) is 1. The fraction of sp³-hybridized carbons (Fsp3) is 0.467. The van der Waals surface area contributed by atoms with Gasteiger partial charge in [-0.1, -0.05) is 23.2 Å². The van der Waals surface area contributed by atoms with Gasteiger partial charge in [0.15, 0.2) is 0 Å². The number of ether oxygens (including phenoxy) is 2. The monoisotopic (exact) mass is 331 g/mol. The van der Waals surface area contributed by atoms with E-state index in [2.05, 4.69) is 0 Å². The molecule has 0 spiro atoms. The Morgan fingerprint density at radius 3 is 2.90 bits per heavy atom. The zero-order chi connectivity index (χ0) is 15.4. The molecule has 6 heteroatoms. The molecule has 0 saturated carbocycles. The van der Waals surface area contributed by atoms with Crippen molar-refractivity contribution in [2.24, 2.45) is 0 Å². The summed E-state index contributed by atoms with van der Waals surface area (Å²) >= 11 is 12.1. The van der Waals surface area contributed by atoms with Crippen molar-refractivity contribution in [2.75, 3.05) is 40.5 Å². The van der Waals surface area contributed by atoms with E-state index in [0.717, 1.165) is 11.1 Å². The maximum absolute atomic E-state index is 9.73. The first-order valence-corrected chi connectivity index (χ1v) is 7.42. The van der Waals surface area contributed by atoms with Gasteiger partial charge in [0.1, 0.15) is 12.4 Å². The van der Waals surface area contributed by atoms with Crippen molar-refractivity contribution in [3.63, 3.8) is 0 Å². The lowest BCUT2D eigenvalue weighted by Gasteiger charge is -2.24. The van der Waals surface area contributed by atoms with Gasteiger partial charge in [-0.15, -0.1) is 0 Å². The number of fused-ring (bicyclic) bond motifs is 1. The van der Waals surface area contributed by atoms with Gasteiger partial charge in [0.05, 0.1) is 17.7 Å². The molecule has 2 rings (SSSR count). The normalized spacial score (nSPS) is 15.4. The highest BCUT2D eigenvalue weighted by Crippen LogP contribution is 2.36. The summed E-state index contributed by atoms with van der Waals surface area (Å²) in [6, 6.07) is 3.51. The second-order valence-electron chi connectivity index (χ2n) is 5.20. The van der Waals surface area contributed by atoms with Gasteiger partial charge >= 0.3 is 0 Å². The fourth-order valence-corrected chi connectivity index (χ4v) is 2.94. The Morgan fingerprint density at radius 2 is 2.19 bits per heavy atom. The number of hydrogen-bond donors (Lipinski definition) is 1. The molecule has 0 aliphatic carbocycles. The van der Waals surface area contributed by atoms with Crippen LogP contribution in [0.25, 0.3) is 6.08 Å². The molecule has 1 atom stereocenters. The lowest BCUT2D eigenvalue weighted by Crippen LogP contribution is -2.34. The molecule has 1 unspecified atom stereocenters. The largest absolute Gasteiger partial charge is 0.487 e. The summed E-state index contributed by atoms with van der Waals surface area (Å²) < 4.78 is 10.6. The quantitative estimate of drug-likeness (QED) is 0.870. The molecule has 0 saturated heterocycles. The molecule has 0 radical (unpaired) electrons. The Labute approximate surface area is 134 Å². The van der Waals surface area contributed by atoms with Crippen LogP contribution >= 0.6 is 23.2 Å². The predicted molar refractivity (Wildman–Crippen MR) is 85.3 cm³/mol. The lowest BCUT2D eigenvalue weighted by molar-refractivity contribution is 0.0446. The van der Waals surface area contributed by atoms with Crippen LogP contribution in [-0.2, 0) is 4.74 Å². The topological polar surface area (TPSA) is 41.9 Å². The van der Waals surface area contributed by atoms with E-state index < -0.39 is 6.10 Å². The number of likely N-dealkylation sites (N-methyl/N-ethyl adjacent to an activating group) is 1. The van der Waals surface area contributed by atoms with Crippen LogP contribution in [0.4, 0.5) is 0 Å². The third kappa shape index (κ3) is 4.59. The molecule has 0 bridgehead atoms. The van der Waals surface area contributed by atoms with Gasteiger partial charge in [0.25, 0.3) is 0 Å². The van der Waals surface area contributed by atoms with E-state index in [-0.39, 0.29) is 0 Å². The summed E-state index contributed by atoms with van der Waals surface area (Å²) in [6.45, 7) is 2.05. The maximum atomic E-state index is 9.73. The number of halogens is 2. The van der Waals surface area contributed by atoms with Crippen LogP contribution in [0.3, 0.4) is 0 Å². The Hall–Kier alpha value is -0.780. The van der Waals surface area contributed by atoms with Crippen molar-refractivity contribution in [1.29, 1.82) is 0 Å². The molecule has 1 aromatic carbocycles. The molecule has 0 fully saturated rings. The summed E-state index contributed by atoms with van der Waals surface area (Å²) in [7, 11) is 3.52. The van der Waals surface area contributed by atoms with E-state index in [9.17, 15) is 5.11 Å². The minimum atomic E-state index is -0.499. The number of aliphatic hydroxyl groups is 1. The maximum Gasteiger partial charge on any atom is 0.145 e. The summed E-state index contributed by atoms with van der Waals surface area (Å²) in [5.74, 6) is 0.673. The van der Waals surface area contributed by atoms with Crippen molar-refractivity contribution in [1.82, 2.24) is 4.90 Å². The number of benzene rings is 1. The van der Waals surface area contributed by atoms with Crippen molar-refractivity contribution < 1.29 is 14.6 Å². The third-order valence-corrected chi connectivity index (χ3v) is 3.65. The molecule has 1 N–H and O–H groups in total. The van der Waals surface area contributed by atoms with E-state index in [1.807, 2.05) is 24.1 Å². The van der Waals surface area contributed by atoms with Crippen molar-refractivity contribution in [3.05, 3.63) is 33.3 Å². The standard InChI is InChI=1S/C15H19Cl2NO3/c1-18(7-13(19)9-20-2)6-10-3-11-4-12(16)5-14(17)15(11)21-8-10/h3-5,13,19H,6-9H2,1-2H3. The van der Waals surface area contributed by atoms with Crippen LogP contribution in [0.5, 0.6) is 5.75 Å². The van der Waals surface area contributed by atoms with Crippen LogP contribution < -0.4 is 4.74 Å². The van der Waals surface area contributed by atoms with Crippen molar-refractivity contribution >= 4 is 29.3 Å². The predicted octanol–water partition coefficient (Wildman–Crippen LogP) is 2.71. The molecule has 1 aromatic rings. The molecule has 0 aromatic heterocycles. The van der Waals surface area contributed by atoms with Crippen LogP contribution in [0.1, 0.15) is 5.56 Å². The van der Waals surface area contributed by atoms with Crippen molar-refractivity contribution in [3.8, 4) is 5.75 Å². The van der Waals surface area contributed by atoms with Crippen molar-refractivity contribution in [2.45, 2.75) is 6.10 Å². The highest BCUT2D eigenvalue weighted by molar-refractivity contribution is 6.36. The van der Waals surface area contributed by atoms with Gasteiger partial charge in [-0.05, 0) is 30.8 Å². The molecule has 4 nitrogen and oxygen atoms in total. The molecular weight excluding hydrogens is 313 g/mol. The Bertz CT molecular complexity index is 534. The molecular formula is C15H19Cl2NO3. The summed E-state index contributed by atoms with van der Waals surface area (Å²) in [6.07, 6.45) is 1.54. The molecule has 116 valence electrons. The highest BCUT2D eigenvalue weighted by atomic mass is 35.5. The Kier molecular flexibility index (Phi) is 5.90. The summed E-state index contributed by atoms with van der Waals surface area (Å²) in [5.41, 5.74) is 1.99. The number of aliphatic hydroxyl groups excluding tert-OH is 1. The second kappa shape index (κ2) is 7.47. The minimum Gasteiger partial charge on any atom is -0.487 e. The van der Waals surface area contributed by atoms with Gasteiger partial charge in [-0.25, -0.2) is 0 Å². The second-order valence-corrected chi connectivity index (χ2v) is 6.05. The van der Waals surface area contributed by atoms with E-state index in [4.69, 9.17) is 32.7 Å². The number of methoxy groups -OCH3 is 1. The summed E-state index contributed by atoms with van der Waals surface area (Å²) in [4.78, 5) is 2.02. The van der Waals surface area contributed by atoms with Gasteiger partial charge in [0, 0.05) is 30.8 Å². The smallest absolute Gasteiger partial charge is 0.145 e. The molecule has 1 aliphatic rings. The van der Waals surface area contributed by atoms with E-state index in [1.54, 1.807) is 13.2 Å². The van der Waals surface area contributed by atoms with E-state index >= 15 is 0 Å². The van der Waals surface area contributed by atoms with Crippen LogP contribution in [0.2, 0.25) is 10.0 Å². The first kappa shape index (κ1) is 16.6. The molecule has 1 heterocycles. The van der Waals surface area contributed by atoms with Crippen LogP contribution in [0.15, 0.2) is 17.7 Å². The zero-order valence-corrected chi connectivity index (χ0v) is 13.6. The van der Waals surface area contributed by atoms with Gasteiger partial charge in [-0.2, -0.15) is 0 Å². The molecule has 21 heavy (non-hydrogen) atoms. The number of hydrogen-bond acceptors (Lipinski definition) is 4. The Morgan fingerprint density at radius 1 is 1.43 bits per heavy atom. The zero-order valence-electron chi connectivity index (χ0n) is 12.1. The number of rotatable bonds is 6. The average Bonchev–Trinajstić information content (AvgIpc) is 2.37. The first-order valence-electron chi connectivity index (χ1n) is 6.66. The SMILES string of the molecule is COCC(O)CN(C)CC1=Cc2cc(Cl)cc(Cl)c2OC1. The third-order valence-electron chi connectivity index (χ3n) is 3.15. The first-order chi connectivity index (χ1) is 9.99. The van der Waals surface area contributed by atoms with Crippen LogP contribution in [0, 0.1) is 0 Å². The van der Waals surface area contributed by atoms with E-state index in [1.165, 1.54) is 0 Å². The fourth-order valence-electron chi connectivity index (χ4n) is 2.37. The summed E-state index contributed by atoms with van der Waals surface area (Å²) in [5, 5.41) is 10.8. The lowest BCUT2D eigenvalue weighted by atomic mass is 10.1. The van der Waals surface area contributed by atoms with Gasteiger partial charge in [0.2, 0.25) is 0 Å². The minimum absolute atomic E-state index is 0.327. The van der Waals surface area contributed by atoms with E-state index in [0.29, 0.717) is 42.1 Å².